The second-order valence-corrected chi connectivity index (χ2v) is 5.75. The Kier molecular flexibility index (Phi) is 4.66. The van der Waals surface area contributed by atoms with Crippen molar-refractivity contribution in [2.45, 2.75) is 63.8 Å². The Labute approximate surface area is 101 Å². The number of unbranched alkanes of at least 4 members (excludes halogenated alkanes) is 3. The molecule has 2 aliphatic rings. The van der Waals surface area contributed by atoms with E-state index < -0.39 is 0 Å². The van der Waals surface area contributed by atoms with Crippen LogP contribution in [-0.2, 0) is 0 Å². The van der Waals surface area contributed by atoms with Crippen LogP contribution in [0, 0.1) is 0 Å². The predicted molar refractivity (Wildman–Crippen MR) is 69.8 cm³/mol. The lowest BCUT2D eigenvalue weighted by atomic mass is 9.94. The highest BCUT2D eigenvalue weighted by Gasteiger charge is 2.37. The summed E-state index contributed by atoms with van der Waals surface area (Å²) in [6.07, 6.45) is 11.3. The number of rotatable bonds is 5. The Morgan fingerprint density at radius 3 is 2.69 bits per heavy atom. The third kappa shape index (κ3) is 3.21. The van der Waals surface area contributed by atoms with Gasteiger partial charge in [-0.1, -0.05) is 39.0 Å². The molecule has 1 saturated heterocycles. The highest BCUT2D eigenvalue weighted by Crippen LogP contribution is 2.31. The van der Waals surface area contributed by atoms with E-state index in [1.165, 1.54) is 77.5 Å². The molecule has 0 aromatic rings. The maximum atomic E-state index is 3.78. The molecule has 1 spiro atoms. The monoisotopic (exact) mass is 224 g/mol. The Hall–Kier alpha value is -0.0800. The quantitative estimate of drug-likeness (QED) is 0.722. The zero-order valence-corrected chi connectivity index (χ0v) is 10.9. The molecule has 1 saturated carbocycles. The van der Waals surface area contributed by atoms with Gasteiger partial charge in [-0.2, -0.15) is 0 Å². The molecular weight excluding hydrogens is 196 g/mol. The molecule has 16 heavy (non-hydrogen) atoms. The van der Waals surface area contributed by atoms with Crippen LogP contribution in [0.3, 0.4) is 0 Å². The molecular formula is C14H28N2. The lowest BCUT2D eigenvalue weighted by Gasteiger charge is -2.41. The van der Waals surface area contributed by atoms with E-state index in [0.717, 1.165) is 0 Å². The predicted octanol–water partition coefficient (Wildman–Crippen LogP) is 2.78. The first kappa shape index (κ1) is 12.4. The van der Waals surface area contributed by atoms with E-state index in [1.54, 1.807) is 0 Å². The van der Waals surface area contributed by atoms with Gasteiger partial charge in [-0.05, 0) is 25.8 Å². The normalized spacial score (nSPS) is 25.3. The van der Waals surface area contributed by atoms with E-state index in [1.807, 2.05) is 0 Å². The summed E-state index contributed by atoms with van der Waals surface area (Å²) in [5.41, 5.74) is 0.517. The number of nitrogens with one attached hydrogen (secondary N) is 1. The van der Waals surface area contributed by atoms with E-state index in [0.29, 0.717) is 5.54 Å². The van der Waals surface area contributed by atoms with Crippen LogP contribution in [0.2, 0.25) is 0 Å². The Balaban J connectivity index is 1.70. The first-order chi connectivity index (χ1) is 7.85. The molecule has 2 fully saturated rings. The summed E-state index contributed by atoms with van der Waals surface area (Å²) in [6, 6.07) is 0. The van der Waals surface area contributed by atoms with E-state index in [2.05, 4.69) is 17.1 Å². The maximum absolute atomic E-state index is 3.78. The first-order valence-electron chi connectivity index (χ1n) is 7.32. The number of nitrogens with zero attached hydrogens (tertiary/aromatic N) is 1. The van der Waals surface area contributed by atoms with Crippen LogP contribution >= 0.6 is 0 Å². The molecule has 0 unspecified atom stereocenters. The molecule has 1 aliphatic carbocycles. The van der Waals surface area contributed by atoms with Crippen molar-refractivity contribution in [1.82, 2.24) is 10.2 Å². The third-order valence-electron chi connectivity index (χ3n) is 4.34. The molecule has 2 heteroatoms. The lowest BCUT2D eigenvalue weighted by molar-refractivity contribution is 0.133. The molecule has 94 valence electrons. The first-order valence-corrected chi connectivity index (χ1v) is 7.32. The van der Waals surface area contributed by atoms with Crippen LogP contribution in [0.4, 0.5) is 0 Å². The Bertz CT molecular complexity index is 197. The second kappa shape index (κ2) is 6.02. The van der Waals surface area contributed by atoms with Crippen molar-refractivity contribution >= 4 is 0 Å². The summed E-state index contributed by atoms with van der Waals surface area (Å²) in [7, 11) is 0. The van der Waals surface area contributed by atoms with Crippen molar-refractivity contribution in [3.63, 3.8) is 0 Å². The summed E-state index contributed by atoms with van der Waals surface area (Å²) in [5, 5.41) is 3.78. The summed E-state index contributed by atoms with van der Waals surface area (Å²) in [4.78, 5) is 2.71. The number of piperazine rings is 1. The smallest absolute Gasteiger partial charge is 0.0309 e. The maximum Gasteiger partial charge on any atom is 0.0309 e. The van der Waals surface area contributed by atoms with Crippen LogP contribution in [0.15, 0.2) is 0 Å². The molecule has 0 aromatic carbocycles. The zero-order valence-electron chi connectivity index (χ0n) is 10.9. The minimum atomic E-state index is 0.517. The Morgan fingerprint density at radius 2 is 1.94 bits per heavy atom. The van der Waals surface area contributed by atoms with Crippen LogP contribution in [0.25, 0.3) is 0 Å². The molecule has 0 radical (unpaired) electrons. The summed E-state index contributed by atoms with van der Waals surface area (Å²) in [6.45, 7) is 7.43. The van der Waals surface area contributed by atoms with Crippen LogP contribution in [0.5, 0.6) is 0 Å². The lowest BCUT2D eigenvalue weighted by Crippen LogP contribution is -2.59. The molecule has 0 atom stereocenters. The van der Waals surface area contributed by atoms with Crippen LogP contribution < -0.4 is 5.32 Å². The van der Waals surface area contributed by atoms with E-state index >= 15 is 0 Å². The van der Waals surface area contributed by atoms with Crippen LogP contribution in [-0.4, -0.2) is 36.6 Å². The highest BCUT2D eigenvalue weighted by atomic mass is 15.2. The molecule has 0 bridgehead atoms. The fraction of sp³-hybridized carbons (Fsp3) is 1.00. The standard InChI is InChI=1S/C14H28N2/c1-2-3-4-7-11-16-12-10-15-14(13-16)8-5-6-9-14/h15H,2-13H2,1H3. The van der Waals surface area contributed by atoms with Gasteiger partial charge in [-0.3, -0.25) is 0 Å². The van der Waals surface area contributed by atoms with Crippen molar-refractivity contribution in [3.05, 3.63) is 0 Å². The second-order valence-electron chi connectivity index (χ2n) is 5.75. The average molecular weight is 224 g/mol. The van der Waals surface area contributed by atoms with Gasteiger partial charge >= 0.3 is 0 Å². The Morgan fingerprint density at radius 1 is 1.12 bits per heavy atom. The van der Waals surface area contributed by atoms with Crippen molar-refractivity contribution in [2.75, 3.05) is 26.2 Å². The molecule has 2 nitrogen and oxygen atoms in total. The van der Waals surface area contributed by atoms with Crippen LogP contribution in [0.1, 0.15) is 58.3 Å². The SMILES string of the molecule is CCCCCCN1CCNC2(CCCC2)C1. The van der Waals surface area contributed by atoms with Gasteiger partial charge in [0.2, 0.25) is 0 Å². The van der Waals surface area contributed by atoms with E-state index in [4.69, 9.17) is 0 Å². The van der Waals surface area contributed by atoms with E-state index in [9.17, 15) is 0 Å². The highest BCUT2D eigenvalue weighted by molar-refractivity contribution is 4.97. The van der Waals surface area contributed by atoms with Gasteiger partial charge in [0.05, 0.1) is 0 Å². The summed E-state index contributed by atoms with van der Waals surface area (Å²) < 4.78 is 0. The zero-order chi connectivity index (χ0) is 11.3. The largest absolute Gasteiger partial charge is 0.309 e. The number of hydrogen-bond donors (Lipinski definition) is 1. The fourth-order valence-corrected chi connectivity index (χ4v) is 3.38. The van der Waals surface area contributed by atoms with Gasteiger partial charge in [0.25, 0.3) is 0 Å². The molecule has 1 heterocycles. The molecule has 1 N–H and O–H groups in total. The van der Waals surface area contributed by atoms with Crippen molar-refractivity contribution in [2.24, 2.45) is 0 Å². The third-order valence-corrected chi connectivity index (χ3v) is 4.34. The van der Waals surface area contributed by atoms with Gasteiger partial charge in [0.1, 0.15) is 0 Å². The minimum Gasteiger partial charge on any atom is -0.309 e. The van der Waals surface area contributed by atoms with Gasteiger partial charge in [0.15, 0.2) is 0 Å². The number of hydrogen-bond acceptors (Lipinski definition) is 2. The van der Waals surface area contributed by atoms with Gasteiger partial charge in [0, 0.05) is 25.2 Å². The molecule has 2 rings (SSSR count). The van der Waals surface area contributed by atoms with Crippen molar-refractivity contribution in [1.29, 1.82) is 0 Å². The molecule has 0 amide bonds. The fourth-order valence-electron chi connectivity index (χ4n) is 3.38. The molecule has 0 aromatic heterocycles. The van der Waals surface area contributed by atoms with Gasteiger partial charge < -0.3 is 10.2 Å². The minimum absolute atomic E-state index is 0.517. The van der Waals surface area contributed by atoms with Gasteiger partial charge in [-0.25, -0.2) is 0 Å². The molecule has 1 aliphatic heterocycles. The van der Waals surface area contributed by atoms with E-state index in [-0.39, 0.29) is 0 Å². The van der Waals surface area contributed by atoms with Gasteiger partial charge in [-0.15, -0.1) is 0 Å². The van der Waals surface area contributed by atoms with Crippen molar-refractivity contribution in [3.8, 4) is 0 Å². The average Bonchev–Trinajstić information content (AvgIpc) is 2.73. The topological polar surface area (TPSA) is 15.3 Å². The summed E-state index contributed by atoms with van der Waals surface area (Å²) >= 11 is 0. The van der Waals surface area contributed by atoms with Crippen molar-refractivity contribution < 1.29 is 0 Å². The summed E-state index contributed by atoms with van der Waals surface area (Å²) in [5.74, 6) is 0.